The molecule has 0 saturated carbocycles. The Labute approximate surface area is 135 Å². The Morgan fingerprint density at radius 2 is 1.18 bits per heavy atom. The van der Waals surface area contributed by atoms with Crippen LogP contribution in [0, 0.1) is 0 Å². The Balaban J connectivity index is 2.35. The van der Waals surface area contributed by atoms with Crippen LogP contribution in [-0.4, -0.2) is 14.8 Å². The highest BCUT2D eigenvalue weighted by atomic mass is 28.3. The van der Waals surface area contributed by atoms with E-state index in [0.717, 1.165) is 16.8 Å². The monoisotopic (exact) mass is 311 g/mol. The standard InChI is InChI=1S/C19H25NOSi/c1-15(2)22(16(3)4)21-20-19(17-11-7-5-8-12-17)18-13-9-6-10-14-18/h5-16,22H,1-4H3. The lowest BCUT2D eigenvalue weighted by Crippen LogP contribution is -2.24. The summed E-state index contributed by atoms with van der Waals surface area (Å²) < 4.78 is 6.06. The molecule has 2 rings (SSSR count). The molecule has 0 spiro atoms. The van der Waals surface area contributed by atoms with Crippen molar-refractivity contribution in [3.63, 3.8) is 0 Å². The molecule has 22 heavy (non-hydrogen) atoms. The summed E-state index contributed by atoms with van der Waals surface area (Å²) >= 11 is 0. The summed E-state index contributed by atoms with van der Waals surface area (Å²) in [7, 11) is -1.37. The van der Waals surface area contributed by atoms with Gasteiger partial charge < -0.3 is 4.53 Å². The maximum atomic E-state index is 6.06. The van der Waals surface area contributed by atoms with Gasteiger partial charge in [-0.15, -0.1) is 5.16 Å². The van der Waals surface area contributed by atoms with Crippen LogP contribution in [0.2, 0.25) is 11.1 Å². The van der Waals surface area contributed by atoms with Gasteiger partial charge in [0.25, 0.3) is 9.04 Å². The van der Waals surface area contributed by atoms with Crippen molar-refractivity contribution in [3.05, 3.63) is 71.8 Å². The molecule has 0 unspecified atom stereocenters. The van der Waals surface area contributed by atoms with E-state index in [9.17, 15) is 0 Å². The largest absolute Gasteiger partial charge is 0.458 e. The second kappa shape index (κ2) is 7.94. The Morgan fingerprint density at radius 1 is 0.773 bits per heavy atom. The summed E-state index contributed by atoms with van der Waals surface area (Å²) in [5.74, 6) is 0. The van der Waals surface area contributed by atoms with Gasteiger partial charge in [-0.05, 0) is 11.1 Å². The normalized spacial score (nSPS) is 11.0. The Kier molecular flexibility index (Phi) is 5.96. The van der Waals surface area contributed by atoms with Gasteiger partial charge in [0.1, 0.15) is 5.71 Å². The first-order valence-electron chi connectivity index (χ1n) is 7.94. The molecule has 0 heterocycles. The van der Waals surface area contributed by atoms with Gasteiger partial charge in [0.05, 0.1) is 0 Å². The summed E-state index contributed by atoms with van der Waals surface area (Å²) in [5, 5.41) is 4.59. The molecule has 0 bridgehead atoms. The second-order valence-corrected chi connectivity index (χ2v) is 10.0. The lowest BCUT2D eigenvalue weighted by atomic mass is 10.0. The second-order valence-electron chi connectivity index (χ2n) is 6.23. The highest BCUT2D eigenvalue weighted by Crippen LogP contribution is 2.22. The Bertz CT molecular complexity index is 544. The van der Waals surface area contributed by atoms with Crippen LogP contribution in [0.1, 0.15) is 38.8 Å². The summed E-state index contributed by atoms with van der Waals surface area (Å²) in [6.45, 7) is 8.93. The fourth-order valence-electron chi connectivity index (χ4n) is 2.59. The molecular weight excluding hydrogens is 286 g/mol. The quantitative estimate of drug-likeness (QED) is 0.418. The van der Waals surface area contributed by atoms with E-state index in [0.29, 0.717) is 11.1 Å². The predicted octanol–water partition coefficient (Wildman–Crippen LogP) is 5.00. The fourth-order valence-corrected chi connectivity index (χ4v) is 4.84. The maximum absolute atomic E-state index is 6.06. The average molecular weight is 312 g/mol. The van der Waals surface area contributed by atoms with Gasteiger partial charge in [-0.2, -0.15) is 0 Å². The Hall–Kier alpha value is -1.87. The van der Waals surface area contributed by atoms with Crippen LogP contribution >= 0.6 is 0 Å². The van der Waals surface area contributed by atoms with Crippen LogP contribution in [0.4, 0.5) is 0 Å². The van der Waals surface area contributed by atoms with Crippen LogP contribution in [-0.2, 0) is 4.53 Å². The number of hydrogen-bond acceptors (Lipinski definition) is 2. The summed E-state index contributed by atoms with van der Waals surface area (Å²) in [6.07, 6.45) is 0. The minimum absolute atomic E-state index is 0.566. The minimum atomic E-state index is -1.37. The molecule has 116 valence electrons. The molecule has 0 radical (unpaired) electrons. The van der Waals surface area contributed by atoms with E-state index in [4.69, 9.17) is 4.53 Å². The minimum Gasteiger partial charge on any atom is -0.458 e. The third-order valence-corrected chi connectivity index (χ3v) is 6.65. The number of rotatable bonds is 6. The van der Waals surface area contributed by atoms with Crippen LogP contribution in [0.3, 0.4) is 0 Å². The highest BCUT2D eigenvalue weighted by molar-refractivity contribution is 6.55. The van der Waals surface area contributed by atoms with Gasteiger partial charge in [0, 0.05) is 11.1 Å². The topological polar surface area (TPSA) is 21.6 Å². The smallest absolute Gasteiger partial charge is 0.277 e. The SMILES string of the molecule is CC(C)[SiH](ON=C(c1ccccc1)c1ccccc1)C(C)C. The summed E-state index contributed by atoms with van der Waals surface area (Å²) in [4.78, 5) is 0. The first kappa shape index (κ1) is 16.5. The van der Waals surface area contributed by atoms with Gasteiger partial charge in [-0.1, -0.05) is 88.4 Å². The van der Waals surface area contributed by atoms with E-state index in [-0.39, 0.29) is 0 Å². The van der Waals surface area contributed by atoms with E-state index in [1.54, 1.807) is 0 Å². The number of benzene rings is 2. The molecular formula is C19H25NOSi. The van der Waals surface area contributed by atoms with Crippen molar-refractivity contribution in [1.29, 1.82) is 0 Å². The third kappa shape index (κ3) is 4.31. The van der Waals surface area contributed by atoms with Crippen molar-refractivity contribution >= 4 is 14.8 Å². The van der Waals surface area contributed by atoms with Crippen molar-refractivity contribution in [2.24, 2.45) is 5.16 Å². The molecule has 2 aromatic carbocycles. The van der Waals surface area contributed by atoms with Crippen LogP contribution in [0.25, 0.3) is 0 Å². The molecule has 0 aliphatic carbocycles. The van der Waals surface area contributed by atoms with Crippen molar-refractivity contribution in [3.8, 4) is 0 Å². The van der Waals surface area contributed by atoms with Gasteiger partial charge in [-0.25, -0.2) is 0 Å². The van der Waals surface area contributed by atoms with Crippen molar-refractivity contribution < 1.29 is 4.53 Å². The molecule has 3 heteroatoms. The zero-order valence-corrected chi connectivity index (χ0v) is 15.0. The van der Waals surface area contributed by atoms with E-state index in [2.05, 4.69) is 57.1 Å². The van der Waals surface area contributed by atoms with Crippen LogP contribution < -0.4 is 0 Å². The van der Waals surface area contributed by atoms with Gasteiger partial charge >= 0.3 is 0 Å². The highest BCUT2D eigenvalue weighted by Gasteiger charge is 2.23. The Morgan fingerprint density at radius 3 is 1.55 bits per heavy atom. The molecule has 0 aliphatic rings. The van der Waals surface area contributed by atoms with E-state index < -0.39 is 9.04 Å². The fraction of sp³-hybridized carbons (Fsp3) is 0.316. The van der Waals surface area contributed by atoms with E-state index in [1.807, 2.05) is 36.4 Å². The average Bonchev–Trinajstić information content (AvgIpc) is 2.52. The number of nitrogens with zero attached hydrogens (tertiary/aromatic N) is 1. The lowest BCUT2D eigenvalue weighted by molar-refractivity contribution is 0.330. The molecule has 0 atom stereocenters. The van der Waals surface area contributed by atoms with Crippen LogP contribution in [0.5, 0.6) is 0 Å². The number of oxime groups is 1. The van der Waals surface area contributed by atoms with E-state index in [1.165, 1.54) is 0 Å². The van der Waals surface area contributed by atoms with Gasteiger partial charge in [-0.3, -0.25) is 0 Å². The zero-order chi connectivity index (χ0) is 15.9. The molecule has 0 N–H and O–H groups in total. The summed E-state index contributed by atoms with van der Waals surface area (Å²) in [6, 6.07) is 20.5. The zero-order valence-electron chi connectivity index (χ0n) is 13.9. The van der Waals surface area contributed by atoms with Gasteiger partial charge in [0.2, 0.25) is 0 Å². The van der Waals surface area contributed by atoms with Crippen molar-refractivity contribution in [2.45, 2.75) is 38.8 Å². The third-order valence-electron chi connectivity index (χ3n) is 3.67. The van der Waals surface area contributed by atoms with E-state index >= 15 is 0 Å². The predicted molar refractivity (Wildman–Crippen MR) is 97.0 cm³/mol. The van der Waals surface area contributed by atoms with Crippen LogP contribution in [0.15, 0.2) is 65.8 Å². The molecule has 0 aliphatic heterocycles. The molecule has 2 aromatic rings. The molecule has 0 aromatic heterocycles. The van der Waals surface area contributed by atoms with Gasteiger partial charge in [0.15, 0.2) is 0 Å². The van der Waals surface area contributed by atoms with Crippen molar-refractivity contribution in [2.75, 3.05) is 0 Å². The lowest BCUT2D eigenvalue weighted by Gasteiger charge is -2.21. The molecule has 0 amide bonds. The first-order chi connectivity index (χ1) is 10.6. The summed E-state index contributed by atoms with van der Waals surface area (Å²) in [5.41, 5.74) is 4.23. The molecule has 0 fully saturated rings. The van der Waals surface area contributed by atoms with Crippen molar-refractivity contribution in [1.82, 2.24) is 0 Å². The number of hydrogen-bond donors (Lipinski definition) is 0. The first-order valence-corrected chi connectivity index (χ1v) is 9.74. The molecule has 0 saturated heterocycles. The maximum Gasteiger partial charge on any atom is 0.277 e. The molecule has 2 nitrogen and oxygen atoms in total.